The average Bonchev–Trinajstić information content (AvgIpc) is 2.44. The van der Waals surface area contributed by atoms with Gasteiger partial charge in [0.2, 0.25) is 5.91 Å². The molecule has 1 aromatic rings. The van der Waals surface area contributed by atoms with E-state index in [9.17, 15) is 13.6 Å². The smallest absolute Gasteiger partial charge is 0.220 e. The molecule has 4 nitrogen and oxygen atoms in total. The van der Waals surface area contributed by atoms with Crippen LogP contribution in [0.15, 0.2) is 18.2 Å². The fourth-order valence-corrected chi connectivity index (χ4v) is 1.67. The Bertz CT molecular complexity index is 428. The summed E-state index contributed by atoms with van der Waals surface area (Å²) in [7, 11) is 1.62. The van der Waals surface area contributed by atoms with Gasteiger partial charge >= 0.3 is 0 Å². The number of nitrogens with one attached hydrogen (secondary N) is 2. The number of rotatable bonds is 9. The number of hydrogen-bond donors (Lipinski definition) is 2. The van der Waals surface area contributed by atoms with E-state index in [2.05, 4.69) is 10.6 Å². The molecule has 0 bridgehead atoms. The standard InChI is InChI=1S/C14H20F2N2O2/c1-20-10-9-17-7-8-18-13(19)6-5-11-3-2-4-12(15)14(11)16/h2-4,17H,5-10H2,1H3,(H,18,19). The SMILES string of the molecule is COCCNCCNC(=O)CCc1cccc(F)c1F. The first kappa shape index (κ1) is 16.5. The van der Waals surface area contributed by atoms with Crippen LogP contribution >= 0.6 is 0 Å². The van der Waals surface area contributed by atoms with Crippen molar-refractivity contribution < 1.29 is 18.3 Å². The minimum atomic E-state index is -0.884. The lowest BCUT2D eigenvalue weighted by Gasteiger charge is -2.07. The predicted octanol–water partition coefficient (Wildman–Crippen LogP) is 1.25. The maximum Gasteiger partial charge on any atom is 0.220 e. The van der Waals surface area contributed by atoms with E-state index in [1.54, 1.807) is 7.11 Å². The van der Waals surface area contributed by atoms with Gasteiger partial charge in [-0.15, -0.1) is 0 Å². The highest BCUT2D eigenvalue weighted by atomic mass is 19.2. The fraction of sp³-hybridized carbons (Fsp3) is 0.500. The molecule has 0 aliphatic rings. The van der Waals surface area contributed by atoms with Gasteiger partial charge in [0, 0.05) is 33.2 Å². The molecule has 0 saturated heterocycles. The Morgan fingerprint density at radius 3 is 2.80 bits per heavy atom. The maximum atomic E-state index is 13.3. The van der Waals surface area contributed by atoms with Crippen molar-refractivity contribution in [2.24, 2.45) is 0 Å². The first-order valence-electron chi connectivity index (χ1n) is 6.54. The van der Waals surface area contributed by atoms with Crippen molar-refractivity contribution >= 4 is 5.91 Å². The molecule has 112 valence electrons. The van der Waals surface area contributed by atoms with Crippen LogP contribution in [0.4, 0.5) is 8.78 Å². The van der Waals surface area contributed by atoms with Gasteiger partial charge in [0.05, 0.1) is 6.61 Å². The molecule has 20 heavy (non-hydrogen) atoms. The Morgan fingerprint density at radius 2 is 2.05 bits per heavy atom. The Kier molecular flexibility index (Phi) is 7.75. The van der Waals surface area contributed by atoms with E-state index in [0.717, 1.165) is 12.6 Å². The Morgan fingerprint density at radius 1 is 1.25 bits per heavy atom. The minimum Gasteiger partial charge on any atom is -0.383 e. The van der Waals surface area contributed by atoms with Crippen LogP contribution in [0.2, 0.25) is 0 Å². The van der Waals surface area contributed by atoms with Crippen LogP contribution in [0.3, 0.4) is 0 Å². The van der Waals surface area contributed by atoms with Gasteiger partial charge in [0.25, 0.3) is 0 Å². The monoisotopic (exact) mass is 286 g/mol. The molecular formula is C14H20F2N2O2. The molecule has 6 heteroatoms. The quantitative estimate of drug-likeness (QED) is 0.672. The molecule has 0 aliphatic heterocycles. The third kappa shape index (κ3) is 6.08. The number of amides is 1. The number of hydrogen-bond acceptors (Lipinski definition) is 3. The van der Waals surface area contributed by atoms with Gasteiger partial charge in [-0.3, -0.25) is 4.79 Å². The number of halogens is 2. The molecule has 1 amide bonds. The average molecular weight is 286 g/mol. The van der Waals surface area contributed by atoms with Crippen LogP contribution in [0.1, 0.15) is 12.0 Å². The largest absolute Gasteiger partial charge is 0.383 e. The molecule has 0 fully saturated rings. The van der Waals surface area contributed by atoms with Crippen LogP contribution < -0.4 is 10.6 Å². The molecule has 0 aromatic heterocycles. The lowest BCUT2D eigenvalue weighted by Crippen LogP contribution is -2.33. The fourth-order valence-electron chi connectivity index (χ4n) is 1.67. The summed E-state index contributed by atoms with van der Waals surface area (Å²) in [6, 6.07) is 3.98. The number of carbonyl (C=O) groups excluding carboxylic acids is 1. The number of ether oxygens (including phenoxy) is 1. The molecule has 0 unspecified atom stereocenters. The molecule has 0 spiro atoms. The van der Waals surface area contributed by atoms with Crippen molar-refractivity contribution in [3.8, 4) is 0 Å². The number of methoxy groups -OCH3 is 1. The molecule has 0 atom stereocenters. The highest BCUT2D eigenvalue weighted by molar-refractivity contribution is 5.76. The van der Waals surface area contributed by atoms with E-state index >= 15 is 0 Å². The first-order chi connectivity index (χ1) is 9.65. The van der Waals surface area contributed by atoms with Gasteiger partial charge in [-0.2, -0.15) is 0 Å². The second kappa shape index (κ2) is 9.39. The van der Waals surface area contributed by atoms with E-state index in [1.165, 1.54) is 12.1 Å². The highest BCUT2D eigenvalue weighted by Crippen LogP contribution is 2.12. The van der Waals surface area contributed by atoms with Gasteiger partial charge in [-0.05, 0) is 18.1 Å². The Labute approximate surface area is 117 Å². The highest BCUT2D eigenvalue weighted by Gasteiger charge is 2.09. The summed E-state index contributed by atoms with van der Waals surface area (Å²) in [6.07, 6.45) is 0.324. The zero-order chi connectivity index (χ0) is 14.8. The third-order valence-corrected chi connectivity index (χ3v) is 2.76. The van der Waals surface area contributed by atoms with Crippen molar-refractivity contribution in [2.75, 3.05) is 33.4 Å². The molecule has 1 aromatic carbocycles. The van der Waals surface area contributed by atoms with Gasteiger partial charge in [0.1, 0.15) is 0 Å². The zero-order valence-corrected chi connectivity index (χ0v) is 11.5. The van der Waals surface area contributed by atoms with Gasteiger partial charge in [-0.25, -0.2) is 8.78 Å². The van der Waals surface area contributed by atoms with Gasteiger partial charge in [0.15, 0.2) is 11.6 Å². The lowest BCUT2D eigenvalue weighted by molar-refractivity contribution is -0.121. The summed E-state index contributed by atoms with van der Waals surface area (Å²) < 4.78 is 31.2. The summed E-state index contributed by atoms with van der Waals surface area (Å²) in [5.74, 6) is -1.94. The molecular weight excluding hydrogens is 266 g/mol. The summed E-state index contributed by atoms with van der Waals surface area (Å²) in [4.78, 5) is 11.5. The normalized spacial score (nSPS) is 10.6. The van der Waals surface area contributed by atoms with Crippen LogP contribution in [0.25, 0.3) is 0 Å². The van der Waals surface area contributed by atoms with Gasteiger partial charge in [-0.1, -0.05) is 12.1 Å². The molecule has 1 rings (SSSR count). The third-order valence-electron chi connectivity index (χ3n) is 2.76. The lowest BCUT2D eigenvalue weighted by atomic mass is 10.1. The van der Waals surface area contributed by atoms with E-state index in [0.29, 0.717) is 19.7 Å². The Hall–Kier alpha value is -1.53. The topological polar surface area (TPSA) is 50.4 Å². The minimum absolute atomic E-state index is 0.137. The second-order valence-electron chi connectivity index (χ2n) is 4.31. The van der Waals surface area contributed by atoms with Crippen LogP contribution in [0, 0.1) is 11.6 Å². The molecule has 0 aliphatic carbocycles. The van der Waals surface area contributed by atoms with Crippen molar-refractivity contribution in [1.29, 1.82) is 0 Å². The summed E-state index contributed by atoms with van der Waals surface area (Å²) in [5.41, 5.74) is 0.221. The molecule has 0 saturated carbocycles. The second-order valence-corrected chi connectivity index (χ2v) is 4.31. The summed E-state index contributed by atoms with van der Waals surface area (Å²) in [5, 5.41) is 5.79. The van der Waals surface area contributed by atoms with E-state index in [4.69, 9.17) is 4.74 Å². The number of aryl methyl sites for hydroxylation is 1. The van der Waals surface area contributed by atoms with Crippen LogP contribution in [0.5, 0.6) is 0 Å². The Balaban J connectivity index is 2.18. The summed E-state index contributed by atoms with van der Waals surface area (Å²) >= 11 is 0. The molecule has 0 radical (unpaired) electrons. The van der Waals surface area contributed by atoms with E-state index in [-0.39, 0.29) is 24.3 Å². The molecule has 2 N–H and O–H groups in total. The predicted molar refractivity (Wildman–Crippen MR) is 72.4 cm³/mol. The number of carbonyl (C=O) groups is 1. The maximum absolute atomic E-state index is 13.3. The van der Waals surface area contributed by atoms with Crippen LogP contribution in [-0.2, 0) is 16.0 Å². The van der Waals surface area contributed by atoms with Crippen molar-refractivity contribution in [3.63, 3.8) is 0 Å². The zero-order valence-electron chi connectivity index (χ0n) is 11.5. The molecule has 0 heterocycles. The van der Waals surface area contributed by atoms with Crippen LogP contribution in [-0.4, -0.2) is 39.3 Å². The van der Waals surface area contributed by atoms with Crippen molar-refractivity contribution in [1.82, 2.24) is 10.6 Å². The van der Waals surface area contributed by atoms with E-state index < -0.39 is 11.6 Å². The van der Waals surface area contributed by atoms with E-state index in [1.807, 2.05) is 0 Å². The van der Waals surface area contributed by atoms with Crippen molar-refractivity contribution in [2.45, 2.75) is 12.8 Å². The van der Waals surface area contributed by atoms with Crippen molar-refractivity contribution in [3.05, 3.63) is 35.4 Å². The first-order valence-corrected chi connectivity index (χ1v) is 6.54. The summed E-state index contributed by atoms with van der Waals surface area (Å²) in [6.45, 7) is 2.48. The number of benzene rings is 1. The van der Waals surface area contributed by atoms with Gasteiger partial charge < -0.3 is 15.4 Å².